The molecule has 16 heavy (non-hydrogen) atoms. The van der Waals surface area contributed by atoms with Crippen LogP contribution in [0.4, 0.5) is 0 Å². The Balaban J connectivity index is 1.85. The third-order valence-electron chi connectivity index (χ3n) is 3.27. The zero-order valence-corrected chi connectivity index (χ0v) is 9.67. The van der Waals surface area contributed by atoms with Gasteiger partial charge in [-0.05, 0) is 5.56 Å². The Morgan fingerprint density at radius 3 is 2.62 bits per heavy atom. The second-order valence-corrected chi connectivity index (χ2v) is 4.35. The van der Waals surface area contributed by atoms with Crippen molar-refractivity contribution >= 4 is 0 Å². The first kappa shape index (κ1) is 11.6. The quantitative estimate of drug-likeness (QED) is 0.808. The third kappa shape index (κ3) is 2.43. The number of ether oxygens (including phenoxy) is 1. The summed E-state index contributed by atoms with van der Waals surface area (Å²) in [6, 6.07) is 10.7. The van der Waals surface area contributed by atoms with Gasteiger partial charge in [-0.25, -0.2) is 0 Å². The van der Waals surface area contributed by atoms with E-state index in [4.69, 9.17) is 4.74 Å². The fraction of sp³-hybridized carbons (Fsp3) is 0.538. The Bertz CT molecular complexity index is 309. The van der Waals surface area contributed by atoms with Crippen molar-refractivity contribution in [2.24, 2.45) is 0 Å². The number of aliphatic hydroxyl groups is 1. The van der Waals surface area contributed by atoms with E-state index in [1.807, 2.05) is 6.07 Å². The first-order chi connectivity index (χ1) is 7.85. The molecule has 1 N–H and O–H groups in total. The number of rotatable bonds is 5. The second kappa shape index (κ2) is 5.43. The van der Waals surface area contributed by atoms with E-state index in [0.717, 1.165) is 13.1 Å². The minimum absolute atomic E-state index is 0.157. The highest BCUT2D eigenvalue weighted by atomic mass is 16.5. The molecule has 3 nitrogen and oxygen atoms in total. The van der Waals surface area contributed by atoms with E-state index < -0.39 is 0 Å². The SMILES string of the molecule is COCC(CO)N1CC(c2ccccc2)C1. The molecule has 1 atom stereocenters. The molecule has 88 valence electrons. The average Bonchev–Trinajstić information content (AvgIpc) is 2.27. The van der Waals surface area contributed by atoms with Crippen molar-refractivity contribution in [1.29, 1.82) is 0 Å². The summed E-state index contributed by atoms with van der Waals surface area (Å²) in [7, 11) is 1.68. The van der Waals surface area contributed by atoms with Gasteiger partial charge in [0.25, 0.3) is 0 Å². The van der Waals surface area contributed by atoms with Crippen LogP contribution in [0.15, 0.2) is 30.3 Å². The summed E-state index contributed by atoms with van der Waals surface area (Å²) in [5.74, 6) is 0.618. The van der Waals surface area contributed by atoms with Gasteiger partial charge in [0.05, 0.1) is 19.3 Å². The monoisotopic (exact) mass is 221 g/mol. The Hall–Kier alpha value is -0.900. The normalized spacial score (nSPS) is 19.4. The first-order valence-electron chi connectivity index (χ1n) is 5.74. The molecule has 3 heteroatoms. The zero-order valence-electron chi connectivity index (χ0n) is 9.67. The topological polar surface area (TPSA) is 32.7 Å². The first-order valence-corrected chi connectivity index (χ1v) is 5.74. The summed E-state index contributed by atoms with van der Waals surface area (Å²) in [5.41, 5.74) is 1.40. The van der Waals surface area contributed by atoms with Crippen LogP contribution in [0, 0.1) is 0 Å². The lowest BCUT2D eigenvalue weighted by atomic mass is 9.90. The van der Waals surface area contributed by atoms with Gasteiger partial charge in [-0.2, -0.15) is 0 Å². The fourth-order valence-corrected chi connectivity index (χ4v) is 2.21. The van der Waals surface area contributed by atoms with Gasteiger partial charge in [0, 0.05) is 26.1 Å². The van der Waals surface area contributed by atoms with Crippen LogP contribution < -0.4 is 0 Å². The van der Waals surface area contributed by atoms with E-state index in [9.17, 15) is 5.11 Å². The molecule has 1 aliphatic heterocycles. The van der Waals surface area contributed by atoms with Gasteiger partial charge >= 0.3 is 0 Å². The molecule has 1 saturated heterocycles. The van der Waals surface area contributed by atoms with Gasteiger partial charge in [-0.3, -0.25) is 4.90 Å². The van der Waals surface area contributed by atoms with E-state index in [2.05, 4.69) is 29.2 Å². The van der Waals surface area contributed by atoms with Gasteiger partial charge in [0.15, 0.2) is 0 Å². The minimum Gasteiger partial charge on any atom is -0.395 e. The van der Waals surface area contributed by atoms with Gasteiger partial charge in [0.2, 0.25) is 0 Å². The molecular formula is C13H19NO2. The van der Waals surface area contributed by atoms with E-state index in [1.165, 1.54) is 5.56 Å². The highest BCUT2D eigenvalue weighted by Crippen LogP contribution is 2.28. The highest BCUT2D eigenvalue weighted by Gasteiger charge is 2.32. The molecule has 0 spiro atoms. The van der Waals surface area contributed by atoms with Crippen LogP contribution in [0.2, 0.25) is 0 Å². The van der Waals surface area contributed by atoms with Gasteiger partial charge in [-0.15, -0.1) is 0 Å². The summed E-state index contributed by atoms with van der Waals surface area (Å²) >= 11 is 0. The molecule has 1 aromatic rings. The van der Waals surface area contributed by atoms with Crippen molar-refractivity contribution in [3.05, 3.63) is 35.9 Å². The summed E-state index contributed by atoms with van der Waals surface area (Å²) in [5, 5.41) is 9.23. The van der Waals surface area contributed by atoms with E-state index in [-0.39, 0.29) is 12.6 Å². The molecule has 1 aromatic carbocycles. The number of nitrogens with zero attached hydrogens (tertiary/aromatic N) is 1. The van der Waals surface area contributed by atoms with E-state index in [1.54, 1.807) is 7.11 Å². The molecule has 0 aromatic heterocycles. The van der Waals surface area contributed by atoms with Crippen molar-refractivity contribution in [3.63, 3.8) is 0 Å². The van der Waals surface area contributed by atoms with Crippen molar-refractivity contribution < 1.29 is 9.84 Å². The van der Waals surface area contributed by atoms with Crippen LogP contribution in [-0.4, -0.2) is 49.5 Å². The number of hydrogen-bond acceptors (Lipinski definition) is 3. The van der Waals surface area contributed by atoms with E-state index >= 15 is 0 Å². The van der Waals surface area contributed by atoms with Crippen LogP contribution in [0.25, 0.3) is 0 Å². The lowest BCUT2D eigenvalue weighted by molar-refractivity contribution is 0.00799. The molecule has 1 fully saturated rings. The maximum atomic E-state index is 9.23. The Kier molecular flexibility index (Phi) is 3.93. The fourth-order valence-electron chi connectivity index (χ4n) is 2.21. The standard InChI is InChI=1S/C13H19NO2/c1-16-10-13(9-15)14-7-12(8-14)11-5-3-2-4-6-11/h2-6,12-13,15H,7-10H2,1H3. The number of likely N-dealkylation sites (tertiary alicyclic amines) is 1. The predicted octanol–water partition coefficient (Wildman–Crippen LogP) is 1.09. The number of hydrogen-bond donors (Lipinski definition) is 1. The molecule has 2 rings (SSSR count). The molecule has 0 amide bonds. The van der Waals surface area contributed by atoms with Gasteiger partial charge in [0.1, 0.15) is 0 Å². The lowest BCUT2D eigenvalue weighted by Crippen LogP contribution is -2.53. The molecule has 1 heterocycles. The van der Waals surface area contributed by atoms with Gasteiger partial charge in [-0.1, -0.05) is 30.3 Å². The Labute approximate surface area is 96.6 Å². The number of benzene rings is 1. The number of aliphatic hydroxyl groups excluding tert-OH is 1. The molecule has 0 saturated carbocycles. The van der Waals surface area contributed by atoms with Crippen molar-refractivity contribution in [2.45, 2.75) is 12.0 Å². The molecule has 0 bridgehead atoms. The lowest BCUT2D eigenvalue weighted by Gasteiger charge is -2.43. The van der Waals surface area contributed by atoms with Crippen LogP contribution in [0.1, 0.15) is 11.5 Å². The molecule has 0 aliphatic carbocycles. The summed E-state index contributed by atoms with van der Waals surface area (Å²) in [6.07, 6.45) is 0. The van der Waals surface area contributed by atoms with Crippen LogP contribution >= 0.6 is 0 Å². The van der Waals surface area contributed by atoms with Crippen LogP contribution in [0.3, 0.4) is 0 Å². The third-order valence-corrected chi connectivity index (χ3v) is 3.27. The van der Waals surface area contributed by atoms with Gasteiger partial charge < -0.3 is 9.84 Å². The summed E-state index contributed by atoms with van der Waals surface area (Å²) in [6.45, 7) is 2.84. The van der Waals surface area contributed by atoms with Crippen LogP contribution in [0.5, 0.6) is 0 Å². The minimum atomic E-state index is 0.157. The van der Waals surface area contributed by atoms with Crippen molar-refractivity contribution in [1.82, 2.24) is 4.90 Å². The van der Waals surface area contributed by atoms with E-state index in [0.29, 0.717) is 12.5 Å². The second-order valence-electron chi connectivity index (χ2n) is 4.35. The largest absolute Gasteiger partial charge is 0.395 e. The molecule has 1 aliphatic rings. The Morgan fingerprint density at radius 2 is 2.06 bits per heavy atom. The predicted molar refractivity (Wildman–Crippen MR) is 63.5 cm³/mol. The number of methoxy groups -OCH3 is 1. The van der Waals surface area contributed by atoms with Crippen molar-refractivity contribution in [3.8, 4) is 0 Å². The summed E-state index contributed by atoms with van der Waals surface area (Å²) in [4.78, 5) is 2.28. The van der Waals surface area contributed by atoms with Crippen LogP contribution in [-0.2, 0) is 4.74 Å². The average molecular weight is 221 g/mol. The maximum absolute atomic E-state index is 9.23. The summed E-state index contributed by atoms with van der Waals surface area (Å²) < 4.78 is 5.09. The van der Waals surface area contributed by atoms with Crippen molar-refractivity contribution in [2.75, 3.05) is 33.4 Å². The molecule has 1 unspecified atom stereocenters. The highest BCUT2D eigenvalue weighted by molar-refractivity contribution is 5.22. The maximum Gasteiger partial charge on any atom is 0.0640 e. The molecule has 0 radical (unpaired) electrons. The zero-order chi connectivity index (χ0) is 11.4. The Morgan fingerprint density at radius 1 is 1.38 bits per heavy atom. The molecular weight excluding hydrogens is 202 g/mol. The smallest absolute Gasteiger partial charge is 0.0640 e.